The van der Waals surface area contributed by atoms with Crippen LogP contribution in [0.2, 0.25) is 0 Å². The summed E-state index contributed by atoms with van der Waals surface area (Å²) in [5, 5.41) is 12.7. The summed E-state index contributed by atoms with van der Waals surface area (Å²) < 4.78 is 10.8. The van der Waals surface area contributed by atoms with Gasteiger partial charge in [0.2, 0.25) is 0 Å². The number of carbonyl (C=O) groups excluding carboxylic acids is 1. The Labute approximate surface area is 160 Å². The number of hydroxylamine groups is 2. The Hall–Kier alpha value is -2.32. The highest BCUT2D eigenvalue weighted by Gasteiger charge is 2.20. The summed E-state index contributed by atoms with van der Waals surface area (Å²) in [6.45, 7) is 4.86. The van der Waals surface area contributed by atoms with Gasteiger partial charge in [-0.3, -0.25) is 9.63 Å². The minimum absolute atomic E-state index is 0.119. The molecule has 0 saturated carbocycles. The number of carboxylic acid groups (broad SMARTS) is 1. The van der Waals surface area contributed by atoms with Gasteiger partial charge in [-0.05, 0) is 30.0 Å². The predicted molar refractivity (Wildman–Crippen MR) is 101 cm³/mol. The molecule has 8 nitrogen and oxygen atoms in total. The van der Waals surface area contributed by atoms with Gasteiger partial charge in [0, 0.05) is 33.2 Å². The van der Waals surface area contributed by atoms with Gasteiger partial charge in [-0.2, -0.15) is 0 Å². The fraction of sp³-hybridized carbons (Fsp3) is 0.579. The normalized spacial score (nSPS) is 11.9. The molecule has 8 heteroatoms. The Morgan fingerprint density at radius 1 is 1.22 bits per heavy atom. The largest absolute Gasteiger partial charge is 0.493 e. The molecule has 0 saturated heterocycles. The van der Waals surface area contributed by atoms with E-state index >= 15 is 0 Å². The quantitative estimate of drug-likeness (QED) is 0.451. The van der Waals surface area contributed by atoms with E-state index in [2.05, 4.69) is 5.32 Å². The maximum Gasteiger partial charge on any atom is 0.404 e. The van der Waals surface area contributed by atoms with Gasteiger partial charge in [0.25, 0.3) is 5.91 Å². The first-order valence-electron chi connectivity index (χ1n) is 8.86. The maximum absolute atomic E-state index is 12.5. The van der Waals surface area contributed by atoms with Crippen LogP contribution in [0.5, 0.6) is 5.75 Å². The van der Waals surface area contributed by atoms with Crippen molar-refractivity contribution in [3.05, 3.63) is 29.3 Å². The van der Waals surface area contributed by atoms with E-state index in [9.17, 15) is 9.59 Å². The third-order valence-corrected chi connectivity index (χ3v) is 4.16. The highest BCUT2D eigenvalue weighted by Crippen LogP contribution is 2.24. The molecule has 1 aromatic rings. The second kappa shape index (κ2) is 11.4. The Kier molecular flexibility index (Phi) is 9.60. The first-order chi connectivity index (χ1) is 12.8. The number of carbonyl (C=O) groups is 2. The van der Waals surface area contributed by atoms with Crippen molar-refractivity contribution < 1.29 is 29.0 Å². The van der Waals surface area contributed by atoms with E-state index in [0.717, 1.165) is 10.6 Å². The van der Waals surface area contributed by atoms with Crippen molar-refractivity contribution in [1.82, 2.24) is 10.4 Å². The molecule has 0 fully saturated rings. The molecule has 1 rings (SSSR count). The van der Waals surface area contributed by atoms with E-state index in [1.807, 2.05) is 13.8 Å². The van der Waals surface area contributed by atoms with E-state index in [4.69, 9.17) is 19.4 Å². The summed E-state index contributed by atoms with van der Waals surface area (Å²) in [7, 11) is 4.55. The zero-order valence-corrected chi connectivity index (χ0v) is 16.7. The van der Waals surface area contributed by atoms with Crippen LogP contribution in [0.25, 0.3) is 0 Å². The van der Waals surface area contributed by atoms with Gasteiger partial charge >= 0.3 is 6.09 Å². The van der Waals surface area contributed by atoms with Crippen LogP contribution < -0.4 is 10.1 Å². The topological polar surface area (TPSA) is 97.3 Å². The van der Waals surface area contributed by atoms with Crippen molar-refractivity contribution in [2.75, 3.05) is 34.5 Å². The molecule has 1 unspecified atom stereocenters. The van der Waals surface area contributed by atoms with Crippen LogP contribution in [0.15, 0.2) is 18.2 Å². The summed E-state index contributed by atoms with van der Waals surface area (Å²) in [5.74, 6) is 0.235. The number of benzene rings is 1. The lowest BCUT2D eigenvalue weighted by Gasteiger charge is -2.22. The fourth-order valence-electron chi connectivity index (χ4n) is 2.49. The molecule has 0 heterocycles. The Bertz CT molecular complexity index is 620. The van der Waals surface area contributed by atoms with Crippen LogP contribution in [-0.4, -0.2) is 62.7 Å². The van der Waals surface area contributed by atoms with Crippen LogP contribution in [0.4, 0.5) is 4.79 Å². The lowest BCUT2D eigenvalue weighted by Crippen LogP contribution is -2.39. The lowest BCUT2D eigenvalue weighted by atomic mass is 9.95. The van der Waals surface area contributed by atoms with Crippen molar-refractivity contribution in [2.45, 2.75) is 32.7 Å². The molecule has 1 aromatic carbocycles. The first-order valence-corrected chi connectivity index (χ1v) is 8.86. The fourth-order valence-corrected chi connectivity index (χ4v) is 2.49. The molecule has 0 aliphatic rings. The highest BCUT2D eigenvalue weighted by atomic mass is 16.7. The van der Waals surface area contributed by atoms with Gasteiger partial charge in [0.15, 0.2) is 0 Å². The van der Waals surface area contributed by atoms with Gasteiger partial charge in [-0.15, -0.1) is 0 Å². The minimum atomic E-state index is -1.06. The van der Waals surface area contributed by atoms with Crippen molar-refractivity contribution in [3.8, 4) is 5.75 Å². The number of methoxy groups -OCH3 is 1. The number of ether oxygens (including phenoxy) is 2. The third-order valence-electron chi connectivity index (χ3n) is 4.16. The molecule has 0 radical (unpaired) electrons. The highest BCUT2D eigenvalue weighted by molar-refractivity contribution is 5.96. The van der Waals surface area contributed by atoms with E-state index in [1.54, 1.807) is 25.3 Å². The molecule has 27 heavy (non-hydrogen) atoms. The van der Waals surface area contributed by atoms with Gasteiger partial charge in [-0.1, -0.05) is 19.9 Å². The van der Waals surface area contributed by atoms with Crippen LogP contribution in [0, 0.1) is 5.92 Å². The van der Waals surface area contributed by atoms with Crippen molar-refractivity contribution >= 4 is 12.0 Å². The molecule has 0 spiro atoms. The van der Waals surface area contributed by atoms with E-state index < -0.39 is 6.09 Å². The zero-order valence-electron chi connectivity index (χ0n) is 16.7. The summed E-state index contributed by atoms with van der Waals surface area (Å²) in [5.41, 5.74) is 1.26. The molecule has 2 N–H and O–H groups in total. The maximum atomic E-state index is 12.5. The second-order valence-electron chi connectivity index (χ2n) is 6.51. The van der Waals surface area contributed by atoms with Gasteiger partial charge < -0.3 is 19.9 Å². The average Bonchev–Trinajstić information content (AvgIpc) is 2.63. The van der Waals surface area contributed by atoms with Crippen LogP contribution in [-0.2, 0) is 16.0 Å². The molecule has 2 amide bonds. The van der Waals surface area contributed by atoms with Crippen LogP contribution >= 0.6 is 0 Å². The predicted octanol–water partition coefficient (Wildman–Crippen LogP) is 2.57. The molecule has 0 aromatic heterocycles. The van der Waals surface area contributed by atoms with E-state index in [1.165, 1.54) is 14.2 Å². The van der Waals surface area contributed by atoms with E-state index in [-0.39, 0.29) is 17.9 Å². The summed E-state index contributed by atoms with van der Waals surface area (Å²) in [4.78, 5) is 28.5. The monoisotopic (exact) mass is 382 g/mol. The SMILES string of the molecule is COCCCOc1cc(CC(NC(=O)O)C(C)C)ccc1C(=O)N(C)OC. The molecule has 152 valence electrons. The molecular formula is C19H30N2O6. The van der Waals surface area contributed by atoms with Gasteiger partial charge in [0.1, 0.15) is 5.75 Å². The Morgan fingerprint density at radius 2 is 1.93 bits per heavy atom. The summed E-state index contributed by atoms with van der Waals surface area (Å²) >= 11 is 0. The van der Waals surface area contributed by atoms with E-state index in [0.29, 0.717) is 37.4 Å². The zero-order chi connectivity index (χ0) is 20.4. The van der Waals surface area contributed by atoms with Crippen LogP contribution in [0.3, 0.4) is 0 Å². The van der Waals surface area contributed by atoms with Crippen molar-refractivity contribution in [3.63, 3.8) is 0 Å². The molecule has 0 bridgehead atoms. The second-order valence-corrected chi connectivity index (χ2v) is 6.51. The molecule has 0 aliphatic carbocycles. The van der Waals surface area contributed by atoms with Gasteiger partial charge in [0.05, 0.1) is 19.3 Å². The minimum Gasteiger partial charge on any atom is -0.493 e. The Balaban J connectivity index is 3.06. The number of nitrogens with zero attached hydrogens (tertiary/aromatic N) is 1. The lowest BCUT2D eigenvalue weighted by molar-refractivity contribution is -0.0758. The molecule has 0 aliphatic heterocycles. The summed E-state index contributed by atoms with van der Waals surface area (Å²) in [6.07, 6.45) is 0.120. The number of hydrogen-bond donors (Lipinski definition) is 2. The number of amides is 2. The smallest absolute Gasteiger partial charge is 0.404 e. The van der Waals surface area contributed by atoms with Gasteiger partial charge in [-0.25, -0.2) is 9.86 Å². The number of nitrogens with one attached hydrogen (secondary N) is 1. The standard InChI is InChI=1S/C19H30N2O6/c1-13(2)16(20-19(23)24)11-14-7-8-15(18(22)21(3)26-5)17(12-14)27-10-6-9-25-4/h7-8,12-13,16,20H,6,9-11H2,1-5H3,(H,23,24). The van der Waals surface area contributed by atoms with Crippen LogP contribution in [0.1, 0.15) is 36.2 Å². The number of hydrogen-bond acceptors (Lipinski definition) is 5. The Morgan fingerprint density at radius 3 is 2.48 bits per heavy atom. The average molecular weight is 382 g/mol. The summed E-state index contributed by atoms with van der Waals surface area (Å²) in [6, 6.07) is 5.02. The molecule has 1 atom stereocenters. The van der Waals surface area contributed by atoms with Crippen molar-refractivity contribution in [1.29, 1.82) is 0 Å². The number of rotatable bonds is 11. The van der Waals surface area contributed by atoms with Crippen molar-refractivity contribution in [2.24, 2.45) is 5.92 Å². The third kappa shape index (κ3) is 7.44. The molecular weight excluding hydrogens is 352 g/mol. The first kappa shape index (κ1) is 22.7.